The van der Waals surface area contributed by atoms with Gasteiger partial charge >= 0.3 is 5.97 Å². The fourth-order valence-electron chi connectivity index (χ4n) is 3.43. The van der Waals surface area contributed by atoms with Gasteiger partial charge in [0.05, 0.1) is 12.3 Å². The van der Waals surface area contributed by atoms with E-state index in [9.17, 15) is 18.0 Å². The maximum Gasteiger partial charge on any atom is 0.350 e. The number of carbonyl (C=O) groups is 2. The van der Waals surface area contributed by atoms with Crippen molar-refractivity contribution in [1.29, 1.82) is 0 Å². The molecule has 9 nitrogen and oxygen atoms in total. The Morgan fingerprint density at radius 3 is 2.39 bits per heavy atom. The van der Waals surface area contributed by atoms with Crippen molar-refractivity contribution in [3.8, 4) is 0 Å². The second-order valence-electron chi connectivity index (χ2n) is 7.56. The molecule has 0 aliphatic heterocycles. The molecule has 0 aliphatic carbocycles. The summed E-state index contributed by atoms with van der Waals surface area (Å²) in [6.45, 7) is 10.4. The maximum absolute atomic E-state index is 13.6. The Labute approximate surface area is 200 Å². The summed E-state index contributed by atoms with van der Waals surface area (Å²) in [5.41, 5.74) is 0.737. The smallest absolute Gasteiger partial charge is 0.350 e. The molecule has 0 unspecified atom stereocenters. The second-order valence-corrected chi connectivity index (χ2v) is 10.5. The molecule has 2 aromatic rings. The molecule has 0 saturated heterocycles. The SMILES string of the molecule is CCCCCN(C(=O)c1cc(S(=O)(=O)N(CC)CC)cn1C)c1nc(C)c(C(=O)OCC)s1. The van der Waals surface area contributed by atoms with Crippen molar-refractivity contribution in [2.24, 2.45) is 7.05 Å². The number of hydrogen-bond donors (Lipinski definition) is 0. The Bertz CT molecular complexity index is 1070. The summed E-state index contributed by atoms with van der Waals surface area (Å²) in [5, 5.41) is 0.394. The van der Waals surface area contributed by atoms with Crippen LogP contribution in [-0.4, -0.2) is 60.4 Å². The molecule has 11 heteroatoms. The minimum atomic E-state index is -3.70. The standard InChI is InChI=1S/C22H34N4O5S2/c1-7-11-12-13-26(22-23-16(5)19(32-22)21(28)31-10-4)20(27)18-14-17(15-24(18)6)33(29,30)25(8-2)9-3/h14-15H,7-13H2,1-6H3. The molecule has 0 N–H and O–H groups in total. The van der Waals surface area contributed by atoms with Crippen molar-refractivity contribution in [1.82, 2.24) is 13.9 Å². The number of nitrogens with zero attached hydrogens (tertiary/aromatic N) is 4. The number of esters is 1. The van der Waals surface area contributed by atoms with Crippen molar-refractivity contribution in [2.45, 2.75) is 58.8 Å². The molecule has 2 rings (SSSR count). The van der Waals surface area contributed by atoms with Gasteiger partial charge in [0.2, 0.25) is 10.0 Å². The highest BCUT2D eigenvalue weighted by atomic mass is 32.2. The lowest BCUT2D eigenvalue weighted by molar-refractivity contribution is 0.0531. The van der Waals surface area contributed by atoms with Gasteiger partial charge in [-0.15, -0.1) is 0 Å². The second kappa shape index (κ2) is 11.8. The average Bonchev–Trinajstić information content (AvgIpc) is 3.35. The minimum absolute atomic E-state index is 0.0769. The highest BCUT2D eigenvalue weighted by Gasteiger charge is 2.29. The predicted octanol–water partition coefficient (Wildman–Crippen LogP) is 3.83. The number of aromatic nitrogens is 2. The lowest BCUT2D eigenvalue weighted by Crippen LogP contribution is -2.33. The highest BCUT2D eigenvalue weighted by molar-refractivity contribution is 7.89. The monoisotopic (exact) mass is 498 g/mol. The summed E-state index contributed by atoms with van der Waals surface area (Å²) in [6.07, 6.45) is 4.11. The van der Waals surface area contributed by atoms with Crippen LogP contribution in [0.2, 0.25) is 0 Å². The quantitative estimate of drug-likeness (QED) is 0.326. The Morgan fingerprint density at radius 1 is 1.15 bits per heavy atom. The molecule has 0 bridgehead atoms. The lowest BCUT2D eigenvalue weighted by atomic mass is 10.2. The van der Waals surface area contributed by atoms with E-state index in [1.807, 2.05) is 0 Å². The van der Waals surface area contributed by atoms with Crippen LogP contribution in [0.15, 0.2) is 17.2 Å². The van der Waals surface area contributed by atoms with E-state index in [0.29, 0.717) is 35.3 Å². The molecule has 0 spiro atoms. The van der Waals surface area contributed by atoms with E-state index < -0.39 is 16.0 Å². The van der Waals surface area contributed by atoms with Crippen LogP contribution in [-0.2, 0) is 21.8 Å². The summed E-state index contributed by atoms with van der Waals surface area (Å²) in [5.74, 6) is -0.829. The van der Waals surface area contributed by atoms with Gasteiger partial charge in [0.15, 0.2) is 5.13 Å². The third-order valence-electron chi connectivity index (χ3n) is 5.25. The van der Waals surface area contributed by atoms with Gasteiger partial charge in [-0.3, -0.25) is 9.69 Å². The lowest BCUT2D eigenvalue weighted by Gasteiger charge is -2.20. The van der Waals surface area contributed by atoms with Gasteiger partial charge in [0.1, 0.15) is 15.5 Å². The first-order valence-electron chi connectivity index (χ1n) is 11.2. The molecule has 0 atom stereocenters. The maximum atomic E-state index is 13.6. The number of anilines is 1. The van der Waals surface area contributed by atoms with Gasteiger partial charge < -0.3 is 9.30 Å². The summed E-state index contributed by atoms with van der Waals surface area (Å²) >= 11 is 1.11. The zero-order valence-corrected chi connectivity index (χ0v) is 21.9. The molecule has 2 heterocycles. The number of rotatable bonds is 12. The van der Waals surface area contributed by atoms with Crippen molar-refractivity contribution < 1.29 is 22.7 Å². The summed E-state index contributed by atoms with van der Waals surface area (Å²) in [6, 6.07) is 1.41. The van der Waals surface area contributed by atoms with Crippen molar-refractivity contribution in [2.75, 3.05) is 31.1 Å². The number of hydrogen-bond acceptors (Lipinski definition) is 7. The Kier molecular flexibility index (Phi) is 9.62. The molecule has 1 amide bonds. The molecule has 0 fully saturated rings. The van der Waals surface area contributed by atoms with Crippen LogP contribution in [0.1, 0.15) is 72.8 Å². The minimum Gasteiger partial charge on any atom is -0.462 e. The summed E-state index contributed by atoms with van der Waals surface area (Å²) in [4.78, 5) is 32.3. The van der Waals surface area contributed by atoms with Crippen molar-refractivity contribution in [3.63, 3.8) is 0 Å². The largest absolute Gasteiger partial charge is 0.462 e. The molecule has 0 aromatic carbocycles. The van der Waals surface area contributed by atoms with E-state index in [-0.39, 0.29) is 23.1 Å². The van der Waals surface area contributed by atoms with Gasteiger partial charge in [0, 0.05) is 32.9 Å². The van der Waals surface area contributed by atoms with Gasteiger partial charge in [-0.1, -0.05) is 44.9 Å². The van der Waals surface area contributed by atoms with Crippen LogP contribution in [0.4, 0.5) is 5.13 Å². The molecular formula is C22H34N4O5S2. The van der Waals surface area contributed by atoms with Crippen LogP contribution in [0.5, 0.6) is 0 Å². The highest BCUT2D eigenvalue weighted by Crippen LogP contribution is 2.29. The first-order chi connectivity index (χ1) is 15.6. The molecule has 33 heavy (non-hydrogen) atoms. The van der Waals surface area contributed by atoms with E-state index in [2.05, 4.69) is 11.9 Å². The number of carbonyl (C=O) groups excluding carboxylic acids is 2. The first kappa shape index (κ1) is 27.0. The van der Waals surface area contributed by atoms with Crippen molar-refractivity contribution in [3.05, 3.63) is 28.5 Å². The fourth-order valence-corrected chi connectivity index (χ4v) is 5.94. The third-order valence-corrected chi connectivity index (χ3v) is 8.43. The van der Waals surface area contributed by atoms with Gasteiger partial charge in [-0.05, 0) is 26.3 Å². The Morgan fingerprint density at radius 2 is 1.82 bits per heavy atom. The topological polar surface area (TPSA) is 102 Å². The zero-order valence-electron chi connectivity index (χ0n) is 20.3. The molecular weight excluding hydrogens is 464 g/mol. The Balaban J connectivity index is 2.46. The average molecular weight is 499 g/mol. The van der Waals surface area contributed by atoms with E-state index in [4.69, 9.17) is 4.74 Å². The molecule has 2 aromatic heterocycles. The van der Waals surface area contributed by atoms with Crippen LogP contribution < -0.4 is 4.90 Å². The normalized spacial score (nSPS) is 11.7. The third kappa shape index (κ3) is 6.01. The van der Waals surface area contributed by atoms with Gasteiger partial charge in [-0.25, -0.2) is 18.2 Å². The molecule has 184 valence electrons. The van der Waals surface area contributed by atoms with Gasteiger partial charge in [0.25, 0.3) is 5.91 Å². The predicted molar refractivity (Wildman–Crippen MR) is 130 cm³/mol. The Hall–Kier alpha value is -2.24. The number of sulfonamides is 1. The number of unbranched alkanes of at least 4 members (excludes halogenated alkanes) is 2. The number of thiazole rings is 1. The van der Waals surface area contributed by atoms with Crippen LogP contribution >= 0.6 is 11.3 Å². The van der Waals surface area contributed by atoms with E-state index in [0.717, 1.165) is 30.6 Å². The van der Waals surface area contributed by atoms with E-state index >= 15 is 0 Å². The number of ether oxygens (including phenoxy) is 1. The molecule has 0 aliphatic rings. The van der Waals surface area contributed by atoms with E-state index in [1.54, 1.807) is 34.7 Å². The van der Waals surface area contributed by atoms with Crippen LogP contribution in [0.25, 0.3) is 0 Å². The summed E-state index contributed by atoms with van der Waals surface area (Å²) < 4.78 is 33.9. The van der Waals surface area contributed by atoms with Crippen LogP contribution in [0, 0.1) is 6.92 Å². The molecule has 0 radical (unpaired) electrons. The number of amides is 1. The summed E-state index contributed by atoms with van der Waals surface area (Å²) in [7, 11) is -2.05. The first-order valence-corrected chi connectivity index (χ1v) is 13.5. The van der Waals surface area contributed by atoms with Crippen molar-refractivity contribution >= 4 is 38.4 Å². The molecule has 0 saturated carbocycles. The number of aryl methyl sites for hydroxylation is 2. The van der Waals surface area contributed by atoms with E-state index in [1.165, 1.54) is 26.0 Å². The van der Waals surface area contributed by atoms with Gasteiger partial charge in [-0.2, -0.15) is 4.31 Å². The fraction of sp³-hybridized carbons (Fsp3) is 0.591. The zero-order chi connectivity index (χ0) is 24.8. The van der Waals surface area contributed by atoms with Crippen LogP contribution in [0.3, 0.4) is 0 Å².